The van der Waals surface area contributed by atoms with E-state index in [-0.39, 0.29) is 16.8 Å². The molecule has 2 aromatic heterocycles. The van der Waals surface area contributed by atoms with E-state index < -0.39 is 11.9 Å². The molecule has 4 nitrogen and oxygen atoms in total. The molecule has 0 atom stereocenters. The fourth-order valence-electron chi connectivity index (χ4n) is 1.36. The minimum absolute atomic E-state index is 0.0469. The lowest BCUT2D eigenvalue weighted by atomic mass is 10.3. The van der Waals surface area contributed by atoms with Crippen LogP contribution in [0.4, 0.5) is 18.3 Å². The molecule has 0 aliphatic heterocycles. The summed E-state index contributed by atoms with van der Waals surface area (Å²) in [6, 6.07) is 3.68. The number of halogens is 3. The molecule has 0 aromatic carbocycles. The number of aromatic nitrogens is 2. The van der Waals surface area contributed by atoms with Crippen LogP contribution in [0.5, 0.6) is 0 Å². The van der Waals surface area contributed by atoms with Gasteiger partial charge in [0.2, 0.25) is 5.91 Å². The quantitative estimate of drug-likeness (QED) is 0.911. The summed E-state index contributed by atoms with van der Waals surface area (Å²) in [7, 11) is 0. The van der Waals surface area contributed by atoms with Crippen LogP contribution < -0.4 is 5.32 Å². The van der Waals surface area contributed by atoms with Crippen molar-refractivity contribution >= 4 is 34.1 Å². The number of carbonyl (C=O) groups is 1. The van der Waals surface area contributed by atoms with E-state index in [1.807, 2.05) is 6.07 Å². The molecule has 1 amide bonds. The lowest BCUT2D eigenvalue weighted by Crippen LogP contribution is -2.14. The fourth-order valence-corrected chi connectivity index (χ4v) is 2.86. The smallest absolute Gasteiger partial charge is 0.301 e. The summed E-state index contributed by atoms with van der Waals surface area (Å²) in [5, 5.41) is 3.18. The number of anilines is 1. The van der Waals surface area contributed by atoms with Gasteiger partial charge in [-0.05, 0) is 11.6 Å². The molecule has 0 saturated heterocycles. The second-order valence-corrected chi connectivity index (χ2v) is 5.78. The zero-order valence-corrected chi connectivity index (χ0v) is 12.2. The summed E-state index contributed by atoms with van der Waals surface area (Å²) in [5.74, 6) is 0.356. The summed E-state index contributed by atoms with van der Waals surface area (Å²) in [5.41, 5.74) is -0.0188. The topological polar surface area (TPSA) is 54.9 Å². The Hall–Kier alpha value is -1.61. The van der Waals surface area contributed by atoms with Crippen LogP contribution >= 0.6 is 23.1 Å². The second-order valence-electron chi connectivity index (χ2n) is 3.94. The number of nitrogens with one attached hydrogen (secondary N) is 1. The van der Waals surface area contributed by atoms with E-state index in [1.54, 1.807) is 18.5 Å². The Morgan fingerprint density at radius 3 is 2.86 bits per heavy atom. The molecule has 0 saturated carbocycles. The first-order chi connectivity index (χ1) is 9.95. The number of nitrogens with zero attached hydrogens (tertiary/aromatic N) is 2. The van der Waals surface area contributed by atoms with Crippen molar-refractivity contribution in [1.29, 1.82) is 0 Å². The van der Waals surface area contributed by atoms with Gasteiger partial charge in [-0.1, -0.05) is 6.07 Å². The van der Waals surface area contributed by atoms with Gasteiger partial charge < -0.3 is 5.32 Å². The molecule has 1 N–H and O–H groups in total. The molecule has 0 aliphatic rings. The van der Waals surface area contributed by atoms with Gasteiger partial charge in [0, 0.05) is 23.5 Å². The summed E-state index contributed by atoms with van der Waals surface area (Å²) in [6.07, 6.45) is -1.14. The molecule has 2 rings (SSSR count). The number of alkyl halides is 3. The Morgan fingerprint density at radius 1 is 1.43 bits per heavy atom. The zero-order valence-electron chi connectivity index (χ0n) is 10.6. The first-order valence-corrected chi connectivity index (χ1v) is 7.78. The molecule has 0 radical (unpaired) electrons. The van der Waals surface area contributed by atoms with Crippen molar-refractivity contribution in [3.05, 3.63) is 41.2 Å². The maximum absolute atomic E-state index is 12.4. The molecular weight excluding hydrogens is 323 g/mol. The molecule has 0 fully saturated rings. The Morgan fingerprint density at radius 2 is 2.24 bits per heavy atom. The SMILES string of the molecule is O=C(CSCc1cccnc1)Nc1nc(C(F)(F)F)cs1. The van der Waals surface area contributed by atoms with Crippen molar-refractivity contribution < 1.29 is 18.0 Å². The van der Waals surface area contributed by atoms with Crippen LogP contribution in [-0.2, 0) is 16.7 Å². The number of thiazole rings is 1. The average Bonchev–Trinajstić information content (AvgIpc) is 2.88. The van der Waals surface area contributed by atoms with E-state index in [9.17, 15) is 18.0 Å². The van der Waals surface area contributed by atoms with E-state index in [4.69, 9.17) is 0 Å². The van der Waals surface area contributed by atoms with Gasteiger partial charge in [0.05, 0.1) is 5.75 Å². The number of hydrogen-bond donors (Lipinski definition) is 1. The number of carbonyl (C=O) groups excluding carboxylic acids is 1. The average molecular weight is 333 g/mol. The van der Waals surface area contributed by atoms with Gasteiger partial charge in [-0.2, -0.15) is 13.2 Å². The molecule has 0 aliphatic carbocycles. The van der Waals surface area contributed by atoms with E-state index in [0.29, 0.717) is 5.75 Å². The number of hydrogen-bond acceptors (Lipinski definition) is 5. The maximum Gasteiger partial charge on any atom is 0.434 e. The van der Waals surface area contributed by atoms with Crippen molar-refractivity contribution in [2.45, 2.75) is 11.9 Å². The van der Waals surface area contributed by atoms with Gasteiger partial charge in [0.15, 0.2) is 10.8 Å². The molecule has 0 spiro atoms. The van der Waals surface area contributed by atoms with Gasteiger partial charge in [-0.3, -0.25) is 9.78 Å². The van der Waals surface area contributed by atoms with Gasteiger partial charge in [0.1, 0.15) is 0 Å². The minimum Gasteiger partial charge on any atom is -0.301 e. The third kappa shape index (κ3) is 5.01. The lowest BCUT2D eigenvalue weighted by molar-refractivity contribution is -0.140. The van der Waals surface area contributed by atoms with Crippen LogP contribution in [0, 0.1) is 0 Å². The molecule has 0 bridgehead atoms. The molecule has 21 heavy (non-hydrogen) atoms. The fraction of sp³-hybridized carbons (Fsp3) is 0.250. The zero-order chi connectivity index (χ0) is 15.3. The standard InChI is InChI=1S/C12H10F3N3OS2/c13-12(14,15)9-6-21-11(17-9)18-10(19)7-20-5-8-2-1-3-16-4-8/h1-4,6H,5,7H2,(H,17,18,19). The van der Waals surface area contributed by atoms with Gasteiger partial charge in [-0.15, -0.1) is 23.1 Å². The summed E-state index contributed by atoms with van der Waals surface area (Å²) in [4.78, 5) is 18.9. The third-order valence-corrected chi connectivity index (χ3v) is 4.03. The predicted octanol–water partition coefficient (Wildman–Crippen LogP) is 3.43. The highest BCUT2D eigenvalue weighted by molar-refractivity contribution is 7.99. The molecule has 2 heterocycles. The van der Waals surface area contributed by atoms with Crippen molar-refractivity contribution in [3.8, 4) is 0 Å². The van der Waals surface area contributed by atoms with Crippen LogP contribution in [0.15, 0.2) is 29.9 Å². The van der Waals surface area contributed by atoms with Crippen molar-refractivity contribution in [1.82, 2.24) is 9.97 Å². The Bertz CT molecular complexity index is 601. The van der Waals surface area contributed by atoms with Gasteiger partial charge >= 0.3 is 6.18 Å². The van der Waals surface area contributed by atoms with Gasteiger partial charge in [-0.25, -0.2) is 4.98 Å². The Labute approximate surface area is 126 Å². The highest BCUT2D eigenvalue weighted by Crippen LogP contribution is 2.31. The minimum atomic E-state index is -4.49. The lowest BCUT2D eigenvalue weighted by Gasteiger charge is -2.03. The highest BCUT2D eigenvalue weighted by atomic mass is 32.2. The number of thioether (sulfide) groups is 1. The number of pyridine rings is 1. The molecule has 112 valence electrons. The maximum atomic E-state index is 12.4. The second kappa shape index (κ2) is 6.90. The Balaban J connectivity index is 1.78. The molecular formula is C12H10F3N3OS2. The van der Waals surface area contributed by atoms with Crippen molar-refractivity contribution in [2.24, 2.45) is 0 Å². The largest absolute Gasteiger partial charge is 0.434 e. The third-order valence-electron chi connectivity index (χ3n) is 2.27. The van der Waals surface area contributed by atoms with Crippen LogP contribution in [0.1, 0.15) is 11.3 Å². The van der Waals surface area contributed by atoms with Crippen LogP contribution in [0.2, 0.25) is 0 Å². The molecule has 9 heteroatoms. The monoisotopic (exact) mass is 333 g/mol. The molecule has 2 aromatic rings. The molecule has 0 unspecified atom stereocenters. The van der Waals surface area contributed by atoms with Crippen LogP contribution in [0.3, 0.4) is 0 Å². The number of amides is 1. The van der Waals surface area contributed by atoms with Crippen LogP contribution in [0.25, 0.3) is 0 Å². The van der Waals surface area contributed by atoms with E-state index in [0.717, 1.165) is 22.3 Å². The highest BCUT2D eigenvalue weighted by Gasteiger charge is 2.33. The summed E-state index contributed by atoms with van der Waals surface area (Å²) >= 11 is 2.10. The normalized spacial score (nSPS) is 11.4. The van der Waals surface area contributed by atoms with Gasteiger partial charge in [0.25, 0.3) is 0 Å². The van der Waals surface area contributed by atoms with Crippen molar-refractivity contribution in [2.75, 3.05) is 11.1 Å². The van der Waals surface area contributed by atoms with E-state index in [2.05, 4.69) is 15.3 Å². The number of rotatable bonds is 5. The van der Waals surface area contributed by atoms with Crippen molar-refractivity contribution in [3.63, 3.8) is 0 Å². The van der Waals surface area contributed by atoms with E-state index in [1.165, 1.54) is 11.8 Å². The predicted molar refractivity (Wildman–Crippen MR) is 76.1 cm³/mol. The Kier molecular flexibility index (Phi) is 5.18. The van der Waals surface area contributed by atoms with E-state index >= 15 is 0 Å². The first kappa shape index (κ1) is 15.8. The summed E-state index contributed by atoms with van der Waals surface area (Å²) < 4.78 is 37.1. The first-order valence-electron chi connectivity index (χ1n) is 5.74. The summed E-state index contributed by atoms with van der Waals surface area (Å²) in [6.45, 7) is 0. The van der Waals surface area contributed by atoms with Crippen LogP contribution in [-0.4, -0.2) is 21.6 Å².